The summed E-state index contributed by atoms with van der Waals surface area (Å²) in [7, 11) is 1.96. The van der Waals surface area contributed by atoms with E-state index in [0.717, 1.165) is 12.1 Å². The minimum Gasteiger partial charge on any atom is -0.328 e. The van der Waals surface area contributed by atoms with Crippen LogP contribution < -0.4 is 5.73 Å². The third kappa shape index (κ3) is 2.35. The molecule has 3 heteroatoms. The van der Waals surface area contributed by atoms with Crippen molar-refractivity contribution in [3.05, 3.63) is 17.5 Å². The first-order chi connectivity index (χ1) is 6.33. The zero-order valence-electron chi connectivity index (χ0n) is 9.83. The van der Waals surface area contributed by atoms with E-state index >= 15 is 0 Å². The van der Waals surface area contributed by atoms with Crippen LogP contribution in [0.25, 0.3) is 0 Å². The van der Waals surface area contributed by atoms with Crippen molar-refractivity contribution < 1.29 is 0 Å². The number of nitrogens with zero attached hydrogens (tertiary/aromatic N) is 2. The highest BCUT2D eigenvalue weighted by Crippen LogP contribution is 2.29. The summed E-state index contributed by atoms with van der Waals surface area (Å²) in [5, 5.41) is 4.36. The van der Waals surface area contributed by atoms with E-state index in [1.165, 1.54) is 5.56 Å². The second kappa shape index (κ2) is 3.73. The van der Waals surface area contributed by atoms with Crippen molar-refractivity contribution in [2.24, 2.45) is 12.8 Å². The number of nitrogens with two attached hydrogens (primary N) is 1. The molecule has 0 aliphatic rings. The molecule has 0 aromatic carbocycles. The minimum absolute atomic E-state index is 0.118. The lowest BCUT2D eigenvalue weighted by Gasteiger charge is -2.26. The van der Waals surface area contributed by atoms with Crippen molar-refractivity contribution in [2.45, 2.75) is 45.6 Å². The predicted octanol–water partition coefficient (Wildman–Crippen LogP) is 1.74. The molecule has 3 nitrogen and oxygen atoms in total. The predicted molar refractivity (Wildman–Crippen MR) is 59.2 cm³/mol. The molecule has 1 unspecified atom stereocenters. The molecule has 1 rings (SSSR count). The molecule has 0 bridgehead atoms. The van der Waals surface area contributed by atoms with Crippen LogP contribution in [0.3, 0.4) is 0 Å². The summed E-state index contributed by atoms with van der Waals surface area (Å²) in [6, 6.07) is 0.226. The average molecular weight is 195 g/mol. The Kier molecular flexibility index (Phi) is 3.00. The third-order valence-electron chi connectivity index (χ3n) is 2.57. The quantitative estimate of drug-likeness (QED) is 0.798. The number of aryl methyl sites for hydroxylation is 2. The number of hydrogen-bond acceptors (Lipinski definition) is 2. The standard InChI is InChI=1S/C11H21N3/c1-8(12)6-11(3,4)10-7-14(5)13-9(10)2/h7-8H,6,12H2,1-5H3. The van der Waals surface area contributed by atoms with Gasteiger partial charge in [0, 0.05) is 19.3 Å². The Morgan fingerprint density at radius 2 is 2.14 bits per heavy atom. The molecule has 0 saturated heterocycles. The molecular formula is C11H21N3. The first-order valence-corrected chi connectivity index (χ1v) is 5.09. The fraction of sp³-hybridized carbons (Fsp3) is 0.727. The van der Waals surface area contributed by atoms with Crippen molar-refractivity contribution in [1.29, 1.82) is 0 Å². The highest BCUT2D eigenvalue weighted by atomic mass is 15.2. The van der Waals surface area contributed by atoms with E-state index in [-0.39, 0.29) is 11.5 Å². The molecule has 1 heterocycles. The molecule has 1 atom stereocenters. The molecule has 0 fully saturated rings. The summed E-state index contributed by atoms with van der Waals surface area (Å²) < 4.78 is 1.87. The maximum atomic E-state index is 5.85. The topological polar surface area (TPSA) is 43.8 Å². The smallest absolute Gasteiger partial charge is 0.0631 e. The normalized spacial score (nSPS) is 14.4. The van der Waals surface area contributed by atoms with Gasteiger partial charge in [-0.1, -0.05) is 13.8 Å². The second-order valence-corrected chi connectivity index (χ2v) is 4.87. The lowest BCUT2D eigenvalue weighted by Crippen LogP contribution is -2.28. The first-order valence-electron chi connectivity index (χ1n) is 5.09. The van der Waals surface area contributed by atoms with E-state index < -0.39 is 0 Å². The van der Waals surface area contributed by atoms with Crippen molar-refractivity contribution in [1.82, 2.24) is 9.78 Å². The molecule has 14 heavy (non-hydrogen) atoms. The molecule has 1 aromatic rings. The lowest BCUT2D eigenvalue weighted by atomic mass is 9.80. The lowest BCUT2D eigenvalue weighted by molar-refractivity contribution is 0.435. The molecule has 0 saturated carbocycles. The molecule has 1 aromatic heterocycles. The largest absolute Gasteiger partial charge is 0.328 e. The van der Waals surface area contributed by atoms with Gasteiger partial charge >= 0.3 is 0 Å². The maximum Gasteiger partial charge on any atom is 0.0631 e. The van der Waals surface area contributed by atoms with Crippen LogP contribution in [-0.4, -0.2) is 15.8 Å². The molecule has 0 aliphatic heterocycles. The van der Waals surface area contributed by atoms with Crippen LogP contribution in [0.5, 0.6) is 0 Å². The highest BCUT2D eigenvalue weighted by Gasteiger charge is 2.25. The van der Waals surface area contributed by atoms with Crippen molar-refractivity contribution in [3.8, 4) is 0 Å². The molecule has 2 N–H and O–H groups in total. The Bertz CT molecular complexity index is 310. The van der Waals surface area contributed by atoms with Crippen LogP contribution >= 0.6 is 0 Å². The summed E-state index contributed by atoms with van der Waals surface area (Å²) in [5.41, 5.74) is 8.38. The van der Waals surface area contributed by atoms with Gasteiger partial charge in [-0.25, -0.2) is 0 Å². The molecule has 0 radical (unpaired) electrons. The Morgan fingerprint density at radius 1 is 1.57 bits per heavy atom. The van der Waals surface area contributed by atoms with Gasteiger partial charge in [-0.3, -0.25) is 4.68 Å². The molecule has 0 amide bonds. The fourth-order valence-electron chi connectivity index (χ4n) is 2.18. The molecular weight excluding hydrogens is 174 g/mol. The number of aromatic nitrogens is 2. The van der Waals surface area contributed by atoms with E-state index in [2.05, 4.69) is 32.1 Å². The monoisotopic (exact) mass is 195 g/mol. The van der Waals surface area contributed by atoms with Crippen LogP contribution in [0, 0.1) is 6.92 Å². The summed E-state index contributed by atoms with van der Waals surface area (Å²) in [5.74, 6) is 0. The Labute approximate surface area is 86.3 Å². The van der Waals surface area contributed by atoms with E-state index in [1.807, 2.05) is 18.7 Å². The number of rotatable bonds is 3. The van der Waals surface area contributed by atoms with Gasteiger partial charge in [0.1, 0.15) is 0 Å². The van der Waals surface area contributed by atoms with Gasteiger partial charge < -0.3 is 5.73 Å². The SMILES string of the molecule is Cc1nn(C)cc1C(C)(C)CC(C)N. The van der Waals surface area contributed by atoms with Gasteiger partial charge in [-0.05, 0) is 31.2 Å². The van der Waals surface area contributed by atoms with Gasteiger partial charge in [0.15, 0.2) is 0 Å². The van der Waals surface area contributed by atoms with Gasteiger partial charge in [0.2, 0.25) is 0 Å². The molecule has 0 spiro atoms. The van der Waals surface area contributed by atoms with Crippen LogP contribution in [0.2, 0.25) is 0 Å². The summed E-state index contributed by atoms with van der Waals surface area (Å²) >= 11 is 0. The zero-order valence-corrected chi connectivity index (χ0v) is 9.83. The van der Waals surface area contributed by atoms with Crippen LogP contribution in [0.15, 0.2) is 6.20 Å². The molecule has 0 aliphatic carbocycles. The molecule has 80 valence electrons. The van der Waals surface area contributed by atoms with Gasteiger partial charge in [0.05, 0.1) is 5.69 Å². The Hall–Kier alpha value is -0.830. The third-order valence-corrected chi connectivity index (χ3v) is 2.57. The average Bonchev–Trinajstić information content (AvgIpc) is 2.27. The van der Waals surface area contributed by atoms with Gasteiger partial charge in [-0.15, -0.1) is 0 Å². The Balaban J connectivity index is 2.96. The second-order valence-electron chi connectivity index (χ2n) is 4.87. The zero-order chi connectivity index (χ0) is 10.9. The van der Waals surface area contributed by atoms with Crippen LogP contribution in [0.4, 0.5) is 0 Å². The van der Waals surface area contributed by atoms with E-state index in [4.69, 9.17) is 5.73 Å². The van der Waals surface area contributed by atoms with Crippen molar-refractivity contribution >= 4 is 0 Å². The summed E-state index contributed by atoms with van der Waals surface area (Å²) in [6.45, 7) is 8.55. The first kappa shape index (κ1) is 11.2. The number of hydrogen-bond donors (Lipinski definition) is 1. The van der Waals surface area contributed by atoms with Gasteiger partial charge in [-0.2, -0.15) is 5.10 Å². The minimum atomic E-state index is 0.118. The van der Waals surface area contributed by atoms with Crippen molar-refractivity contribution in [2.75, 3.05) is 0 Å². The van der Waals surface area contributed by atoms with E-state index in [1.54, 1.807) is 0 Å². The van der Waals surface area contributed by atoms with E-state index in [0.29, 0.717) is 0 Å². The fourth-order valence-corrected chi connectivity index (χ4v) is 2.18. The van der Waals surface area contributed by atoms with Crippen LogP contribution in [-0.2, 0) is 12.5 Å². The maximum absolute atomic E-state index is 5.85. The van der Waals surface area contributed by atoms with Gasteiger partial charge in [0.25, 0.3) is 0 Å². The Morgan fingerprint density at radius 3 is 2.50 bits per heavy atom. The summed E-state index contributed by atoms with van der Waals surface area (Å²) in [4.78, 5) is 0. The van der Waals surface area contributed by atoms with Crippen LogP contribution in [0.1, 0.15) is 38.4 Å². The summed E-state index contributed by atoms with van der Waals surface area (Å²) in [6.07, 6.45) is 3.08. The highest BCUT2D eigenvalue weighted by molar-refractivity contribution is 5.25. The van der Waals surface area contributed by atoms with Crippen molar-refractivity contribution in [3.63, 3.8) is 0 Å². The van der Waals surface area contributed by atoms with E-state index in [9.17, 15) is 0 Å².